The van der Waals surface area contributed by atoms with Gasteiger partial charge >= 0.3 is 0 Å². The molecule has 2 N–H and O–H groups in total. The van der Waals surface area contributed by atoms with Gasteiger partial charge in [-0.2, -0.15) is 0 Å². The Balaban J connectivity index is 1.58. The number of hydrogen-bond donors (Lipinski definition) is 1. The Labute approximate surface area is 99.0 Å². The third kappa shape index (κ3) is 1.89. The SMILES string of the molecule is NCC1CCN(C2CCN3CCCC23)CC1. The summed E-state index contributed by atoms with van der Waals surface area (Å²) in [6.45, 7) is 6.22. The molecule has 3 aliphatic heterocycles. The number of hydrogen-bond acceptors (Lipinski definition) is 3. The molecule has 16 heavy (non-hydrogen) atoms. The van der Waals surface area contributed by atoms with E-state index in [0.29, 0.717) is 0 Å². The van der Waals surface area contributed by atoms with Crippen LogP contribution in [0.25, 0.3) is 0 Å². The van der Waals surface area contributed by atoms with Crippen molar-refractivity contribution in [2.45, 2.75) is 44.2 Å². The zero-order valence-electron chi connectivity index (χ0n) is 10.3. The third-order valence-corrected chi connectivity index (χ3v) is 5.02. The van der Waals surface area contributed by atoms with Crippen LogP contribution in [0, 0.1) is 5.92 Å². The standard InChI is InChI=1S/C13H25N3/c14-10-11-3-7-16(8-4-11)13-5-9-15-6-1-2-12(13)15/h11-13H,1-10,14H2. The maximum Gasteiger partial charge on any atom is 0.0263 e. The Hall–Kier alpha value is -0.120. The molecule has 92 valence electrons. The minimum absolute atomic E-state index is 0.803. The molecule has 3 nitrogen and oxygen atoms in total. The van der Waals surface area contributed by atoms with Crippen LogP contribution in [0.2, 0.25) is 0 Å². The first-order valence-corrected chi connectivity index (χ1v) is 7.06. The highest BCUT2D eigenvalue weighted by Crippen LogP contribution is 2.33. The fourth-order valence-corrected chi connectivity index (χ4v) is 4.00. The van der Waals surface area contributed by atoms with Crippen LogP contribution in [-0.4, -0.2) is 54.6 Å². The third-order valence-electron chi connectivity index (χ3n) is 5.02. The van der Waals surface area contributed by atoms with Crippen LogP contribution >= 0.6 is 0 Å². The number of nitrogens with two attached hydrogens (primary N) is 1. The van der Waals surface area contributed by atoms with Crippen LogP contribution in [-0.2, 0) is 0 Å². The average molecular weight is 223 g/mol. The van der Waals surface area contributed by atoms with Gasteiger partial charge in [0.25, 0.3) is 0 Å². The van der Waals surface area contributed by atoms with E-state index in [1.807, 2.05) is 0 Å². The molecule has 0 radical (unpaired) electrons. The highest BCUT2D eigenvalue weighted by molar-refractivity contribution is 4.97. The van der Waals surface area contributed by atoms with Gasteiger partial charge in [-0.25, -0.2) is 0 Å². The van der Waals surface area contributed by atoms with Crippen molar-refractivity contribution in [3.05, 3.63) is 0 Å². The van der Waals surface area contributed by atoms with E-state index in [1.54, 1.807) is 0 Å². The summed E-state index contributed by atoms with van der Waals surface area (Å²) in [4.78, 5) is 5.49. The van der Waals surface area contributed by atoms with E-state index >= 15 is 0 Å². The second-order valence-electron chi connectivity index (χ2n) is 5.82. The average Bonchev–Trinajstić information content (AvgIpc) is 2.91. The molecular formula is C13H25N3. The lowest BCUT2D eigenvalue weighted by atomic mass is 9.94. The Morgan fingerprint density at radius 2 is 1.44 bits per heavy atom. The summed E-state index contributed by atoms with van der Waals surface area (Å²) in [5.74, 6) is 0.803. The van der Waals surface area contributed by atoms with Crippen molar-refractivity contribution in [3.8, 4) is 0 Å². The summed E-state index contributed by atoms with van der Waals surface area (Å²) < 4.78 is 0. The van der Waals surface area contributed by atoms with Gasteiger partial charge in [-0.3, -0.25) is 9.80 Å². The van der Waals surface area contributed by atoms with E-state index in [0.717, 1.165) is 24.5 Å². The normalized spacial score (nSPS) is 38.1. The smallest absolute Gasteiger partial charge is 0.0263 e. The fraction of sp³-hybridized carbons (Fsp3) is 1.00. The predicted molar refractivity (Wildman–Crippen MR) is 66.4 cm³/mol. The Kier molecular flexibility index (Phi) is 3.18. The van der Waals surface area contributed by atoms with Gasteiger partial charge in [0.05, 0.1) is 0 Å². The van der Waals surface area contributed by atoms with Crippen molar-refractivity contribution in [2.75, 3.05) is 32.7 Å². The van der Waals surface area contributed by atoms with Crippen LogP contribution in [0.3, 0.4) is 0 Å². The second kappa shape index (κ2) is 4.63. The molecule has 0 aromatic rings. The first-order valence-electron chi connectivity index (χ1n) is 7.06. The molecule has 2 unspecified atom stereocenters. The van der Waals surface area contributed by atoms with E-state index in [1.165, 1.54) is 58.3 Å². The van der Waals surface area contributed by atoms with E-state index in [-0.39, 0.29) is 0 Å². The van der Waals surface area contributed by atoms with Gasteiger partial charge in [-0.15, -0.1) is 0 Å². The lowest BCUT2D eigenvalue weighted by Crippen LogP contribution is -2.47. The molecule has 0 amide bonds. The van der Waals surface area contributed by atoms with E-state index in [2.05, 4.69) is 9.80 Å². The fourth-order valence-electron chi connectivity index (χ4n) is 4.00. The molecule has 3 rings (SSSR count). The molecule has 0 aromatic carbocycles. The Bertz CT molecular complexity index is 235. The van der Waals surface area contributed by atoms with Crippen LogP contribution in [0.15, 0.2) is 0 Å². The number of nitrogens with zero attached hydrogens (tertiary/aromatic N) is 2. The van der Waals surface area contributed by atoms with Crippen molar-refractivity contribution in [3.63, 3.8) is 0 Å². The zero-order chi connectivity index (χ0) is 11.0. The van der Waals surface area contributed by atoms with Crippen molar-refractivity contribution in [2.24, 2.45) is 11.7 Å². The summed E-state index contributed by atoms with van der Waals surface area (Å²) in [5.41, 5.74) is 5.76. The number of fused-ring (bicyclic) bond motifs is 1. The Morgan fingerprint density at radius 1 is 0.812 bits per heavy atom. The Morgan fingerprint density at radius 3 is 2.19 bits per heavy atom. The van der Waals surface area contributed by atoms with Crippen molar-refractivity contribution < 1.29 is 0 Å². The molecule has 2 atom stereocenters. The highest BCUT2D eigenvalue weighted by Gasteiger charge is 2.40. The number of piperidine rings is 1. The first-order chi connectivity index (χ1) is 7.88. The van der Waals surface area contributed by atoms with Gasteiger partial charge in [-0.1, -0.05) is 0 Å². The monoisotopic (exact) mass is 223 g/mol. The molecule has 3 heterocycles. The first kappa shape index (κ1) is 11.0. The number of rotatable bonds is 2. The molecule has 0 saturated carbocycles. The molecule has 0 aliphatic carbocycles. The minimum atomic E-state index is 0.803. The molecule has 3 saturated heterocycles. The molecule has 0 spiro atoms. The van der Waals surface area contributed by atoms with E-state index < -0.39 is 0 Å². The lowest BCUT2D eigenvalue weighted by molar-refractivity contribution is 0.113. The number of likely N-dealkylation sites (tertiary alicyclic amines) is 1. The predicted octanol–water partition coefficient (Wildman–Crippen LogP) is 0.894. The quantitative estimate of drug-likeness (QED) is 0.755. The molecule has 3 fully saturated rings. The largest absolute Gasteiger partial charge is 0.330 e. The summed E-state index contributed by atoms with van der Waals surface area (Å²) >= 11 is 0. The molecule has 0 bridgehead atoms. The summed E-state index contributed by atoms with van der Waals surface area (Å²) in [6, 6.07) is 1.77. The molecule has 3 aliphatic rings. The highest BCUT2D eigenvalue weighted by atomic mass is 15.3. The van der Waals surface area contributed by atoms with Gasteiger partial charge in [0.1, 0.15) is 0 Å². The maximum atomic E-state index is 5.76. The zero-order valence-corrected chi connectivity index (χ0v) is 10.3. The van der Waals surface area contributed by atoms with Gasteiger partial charge in [0.2, 0.25) is 0 Å². The van der Waals surface area contributed by atoms with Crippen LogP contribution < -0.4 is 5.73 Å². The second-order valence-corrected chi connectivity index (χ2v) is 5.82. The molecule has 0 aromatic heterocycles. The van der Waals surface area contributed by atoms with E-state index in [4.69, 9.17) is 5.73 Å². The van der Waals surface area contributed by atoms with Crippen molar-refractivity contribution >= 4 is 0 Å². The maximum absolute atomic E-state index is 5.76. The summed E-state index contributed by atoms with van der Waals surface area (Å²) in [7, 11) is 0. The lowest BCUT2D eigenvalue weighted by Gasteiger charge is -2.38. The summed E-state index contributed by atoms with van der Waals surface area (Å²) in [6.07, 6.45) is 6.96. The van der Waals surface area contributed by atoms with Crippen LogP contribution in [0.5, 0.6) is 0 Å². The van der Waals surface area contributed by atoms with Gasteiger partial charge in [-0.05, 0) is 64.2 Å². The van der Waals surface area contributed by atoms with Gasteiger partial charge in [0, 0.05) is 18.6 Å². The summed E-state index contributed by atoms with van der Waals surface area (Å²) in [5, 5.41) is 0. The van der Waals surface area contributed by atoms with Crippen molar-refractivity contribution in [1.82, 2.24) is 9.80 Å². The van der Waals surface area contributed by atoms with E-state index in [9.17, 15) is 0 Å². The molecular weight excluding hydrogens is 198 g/mol. The van der Waals surface area contributed by atoms with Crippen LogP contribution in [0.1, 0.15) is 32.1 Å². The molecule has 3 heteroatoms. The topological polar surface area (TPSA) is 32.5 Å². The van der Waals surface area contributed by atoms with Crippen molar-refractivity contribution in [1.29, 1.82) is 0 Å². The minimum Gasteiger partial charge on any atom is -0.330 e. The van der Waals surface area contributed by atoms with Crippen LogP contribution in [0.4, 0.5) is 0 Å². The van der Waals surface area contributed by atoms with Gasteiger partial charge < -0.3 is 5.73 Å². The van der Waals surface area contributed by atoms with Gasteiger partial charge in [0.15, 0.2) is 0 Å².